The summed E-state index contributed by atoms with van der Waals surface area (Å²) < 4.78 is 0. The number of aryl methyl sites for hydroxylation is 1. The first-order valence-electron chi connectivity index (χ1n) is 7.70. The van der Waals surface area contributed by atoms with Crippen LogP contribution in [0.15, 0.2) is 12.3 Å². The lowest BCUT2D eigenvalue weighted by Crippen LogP contribution is -2.44. The Bertz CT molecular complexity index is 516. The summed E-state index contributed by atoms with van der Waals surface area (Å²) >= 11 is 0. The van der Waals surface area contributed by atoms with Crippen molar-refractivity contribution >= 4 is 11.5 Å². The number of anilines is 1. The van der Waals surface area contributed by atoms with Crippen molar-refractivity contribution in [2.75, 3.05) is 38.2 Å². The van der Waals surface area contributed by atoms with Gasteiger partial charge in [-0.2, -0.15) is 0 Å². The van der Waals surface area contributed by atoms with E-state index < -0.39 is 4.92 Å². The summed E-state index contributed by atoms with van der Waals surface area (Å²) in [5.41, 5.74) is 0.890. The van der Waals surface area contributed by atoms with Gasteiger partial charge in [0.05, 0.1) is 4.92 Å². The largest absolute Gasteiger partial charge is 0.396 e. The number of aliphatic hydroxyl groups excluding tert-OH is 1. The second-order valence-corrected chi connectivity index (χ2v) is 5.87. The third kappa shape index (κ3) is 3.92. The molecule has 0 unspecified atom stereocenters. The third-order valence-electron chi connectivity index (χ3n) is 4.30. The molecule has 1 saturated heterocycles. The maximum absolute atomic E-state index is 10.8. The fourth-order valence-corrected chi connectivity index (χ4v) is 3.00. The normalized spacial score (nSPS) is 16.3. The molecule has 0 aliphatic carbocycles. The standard InChI is InChI=1S/C15H24N4O3/c1-12-10-14(19(21)22)11-16-15(12)18-7-4-13(5-8-18)17(2)6-3-9-20/h10-11,13,20H,3-9H2,1-2H3. The molecule has 0 amide bonds. The summed E-state index contributed by atoms with van der Waals surface area (Å²) in [6.45, 7) is 4.82. The van der Waals surface area contributed by atoms with E-state index in [2.05, 4.69) is 21.8 Å². The van der Waals surface area contributed by atoms with Gasteiger partial charge in [0.15, 0.2) is 0 Å². The van der Waals surface area contributed by atoms with Crippen molar-refractivity contribution in [1.29, 1.82) is 0 Å². The van der Waals surface area contributed by atoms with Crippen molar-refractivity contribution in [3.05, 3.63) is 27.9 Å². The van der Waals surface area contributed by atoms with E-state index in [1.807, 2.05) is 6.92 Å². The van der Waals surface area contributed by atoms with Crippen LogP contribution in [0.2, 0.25) is 0 Å². The molecule has 1 aliphatic rings. The first kappa shape index (κ1) is 16.6. The van der Waals surface area contributed by atoms with Crippen molar-refractivity contribution in [1.82, 2.24) is 9.88 Å². The van der Waals surface area contributed by atoms with Crippen LogP contribution >= 0.6 is 0 Å². The number of pyridine rings is 1. The van der Waals surface area contributed by atoms with E-state index >= 15 is 0 Å². The van der Waals surface area contributed by atoms with Gasteiger partial charge in [-0.15, -0.1) is 0 Å². The van der Waals surface area contributed by atoms with Crippen LogP contribution < -0.4 is 4.90 Å². The number of hydrogen-bond donors (Lipinski definition) is 1. The second kappa shape index (κ2) is 7.51. The predicted molar refractivity (Wildman–Crippen MR) is 85.2 cm³/mol. The highest BCUT2D eigenvalue weighted by atomic mass is 16.6. The fourth-order valence-electron chi connectivity index (χ4n) is 3.00. The minimum absolute atomic E-state index is 0.0415. The van der Waals surface area contributed by atoms with E-state index in [4.69, 9.17) is 5.11 Å². The molecular formula is C15H24N4O3. The Hall–Kier alpha value is -1.73. The third-order valence-corrected chi connectivity index (χ3v) is 4.30. The molecule has 1 N–H and O–H groups in total. The number of nitrogens with zero attached hydrogens (tertiary/aromatic N) is 4. The monoisotopic (exact) mass is 308 g/mol. The minimum atomic E-state index is -0.411. The Morgan fingerprint density at radius 3 is 2.73 bits per heavy atom. The smallest absolute Gasteiger partial charge is 0.287 e. The molecule has 0 atom stereocenters. The summed E-state index contributed by atoms with van der Waals surface area (Å²) in [7, 11) is 2.10. The molecule has 22 heavy (non-hydrogen) atoms. The summed E-state index contributed by atoms with van der Waals surface area (Å²) in [6, 6.07) is 2.11. The van der Waals surface area contributed by atoms with E-state index in [0.717, 1.165) is 50.3 Å². The van der Waals surface area contributed by atoms with Crippen molar-refractivity contribution in [3.63, 3.8) is 0 Å². The van der Waals surface area contributed by atoms with Gasteiger partial charge in [0.25, 0.3) is 5.69 Å². The Labute approximate surface area is 130 Å². The number of aromatic nitrogens is 1. The highest BCUT2D eigenvalue weighted by Crippen LogP contribution is 2.25. The van der Waals surface area contributed by atoms with Crippen molar-refractivity contribution in [3.8, 4) is 0 Å². The molecule has 122 valence electrons. The zero-order valence-corrected chi connectivity index (χ0v) is 13.2. The van der Waals surface area contributed by atoms with E-state index in [-0.39, 0.29) is 12.3 Å². The Morgan fingerprint density at radius 2 is 2.18 bits per heavy atom. The van der Waals surface area contributed by atoms with Crippen molar-refractivity contribution in [2.45, 2.75) is 32.2 Å². The van der Waals surface area contributed by atoms with Gasteiger partial charge in [-0.05, 0) is 38.8 Å². The Kier molecular flexibility index (Phi) is 5.68. The zero-order chi connectivity index (χ0) is 16.1. The molecule has 0 saturated carbocycles. The van der Waals surface area contributed by atoms with Crippen LogP contribution in [0.1, 0.15) is 24.8 Å². The van der Waals surface area contributed by atoms with Crippen LogP contribution in [0.5, 0.6) is 0 Å². The first-order valence-corrected chi connectivity index (χ1v) is 7.70. The van der Waals surface area contributed by atoms with E-state index in [0.29, 0.717) is 6.04 Å². The molecule has 2 rings (SSSR count). The number of rotatable bonds is 6. The number of nitro groups is 1. The quantitative estimate of drug-likeness (QED) is 0.634. The topological polar surface area (TPSA) is 82.7 Å². The van der Waals surface area contributed by atoms with Gasteiger partial charge in [0.1, 0.15) is 12.0 Å². The lowest BCUT2D eigenvalue weighted by Gasteiger charge is -2.37. The molecule has 1 aromatic rings. The molecule has 2 heterocycles. The number of piperidine rings is 1. The van der Waals surface area contributed by atoms with E-state index in [9.17, 15) is 10.1 Å². The average molecular weight is 308 g/mol. The van der Waals surface area contributed by atoms with Gasteiger partial charge in [-0.1, -0.05) is 0 Å². The lowest BCUT2D eigenvalue weighted by atomic mass is 10.0. The molecular weight excluding hydrogens is 284 g/mol. The van der Waals surface area contributed by atoms with Gasteiger partial charge in [0, 0.05) is 38.3 Å². The Balaban J connectivity index is 1.95. The summed E-state index contributed by atoms with van der Waals surface area (Å²) in [6.07, 6.45) is 4.22. The number of aliphatic hydroxyl groups is 1. The maximum atomic E-state index is 10.8. The van der Waals surface area contributed by atoms with Crippen LogP contribution in [0.25, 0.3) is 0 Å². The van der Waals surface area contributed by atoms with Gasteiger partial charge >= 0.3 is 0 Å². The SMILES string of the molecule is Cc1cc([N+](=O)[O-])cnc1N1CCC(N(C)CCCO)CC1. The second-order valence-electron chi connectivity index (χ2n) is 5.87. The van der Waals surface area contributed by atoms with Crippen LogP contribution in [-0.2, 0) is 0 Å². The van der Waals surface area contributed by atoms with Crippen LogP contribution in [0, 0.1) is 17.0 Å². The first-order chi connectivity index (χ1) is 10.5. The minimum Gasteiger partial charge on any atom is -0.396 e. The molecule has 1 aromatic heterocycles. The van der Waals surface area contributed by atoms with Crippen molar-refractivity contribution < 1.29 is 10.0 Å². The van der Waals surface area contributed by atoms with Crippen LogP contribution in [-0.4, -0.2) is 59.2 Å². The molecule has 0 bridgehead atoms. The van der Waals surface area contributed by atoms with Crippen LogP contribution in [0.3, 0.4) is 0 Å². The zero-order valence-electron chi connectivity index (χ0n) is 13.2. The van der Waals surface area contributed by atoms with Gasteiger partial charge in [-0.25, -0.2) is 4.98 Å². The molecule has 7 heteroatoms. The summed E-state index contributed by atoms with van der Waals surface area (Å²) in [5, 5.41) is 19.7. The molecule has 0 radical (unpaired) electrons. The molecule has 7 nitrogen and oxygen atoms in total. The number of hydrogen-bond acceptors (Lipinski definition) is 6. The van der Waals surface area contributed by atoms with E-state index in [1.165, 1.54) is 6.20 Å². The lowest BCUT2D eigenvalue weighted by molar-refractivity contribution is -0.385. The summed E-state index contributed by atoms with van der Waals surface area (Å²) in [5.74, 6) is 0.849. The van der Waals surface area contributed by atoms with Gasteiger partial charge in [-0.3, -0.25) is 10.1 Å². The van der Waals surface area contributed by atoms with E-state index in [1.54, 1.807) is 6.07 Å². The van der Waals surface area contributed by atoms with Gasteiger partial charge < -0.3 is 14.9 Å². The molecule has 1 fully saturated rings. The molecule has 0 spiro atoms. The molecule has 0 aromatic carbocycles. The van der Waals surface area contributed by atoms with Gasteiger partial charge in [0.2, 0.25) is 0 Å². The highest BCUT2D eigenvalue weighted by molar-refractivity contribution is 5.50. The van der Waals surface area contributed by atoms with Crippen molar-refractivity contribution in [2.24, 2.45) is 0 Å². The summed E-state index contributed by atoms with van der Waals surface area (Å²) in [4.78, 5) is 19.2. The highest BCUT2D eigenvalue weighted by Gasteiger charge is 2.24. The maximum Gasteiger partial charge on any atom is 0.287 e. The van der Waals surface area contributed by atoms with Crippen LogP contribution in [0.4, 0.5) is 11.5 Å². The Morgan fingerprint density at radius 1 is 1.50 bits per heavy atom. The average Bonchev–Trinajstić information content (AvgIpc) is 2.52. The molecule has 1 aliphatic heterocycles. The predicted octanol–water partition coefficient (Wildman–Crippen LogP) is 1.58. The fraction of sp³-hybridized carbons (Fsp3) is 0.667.